The number of nitriles is 1. The topological polar surface area (TPSA) is 131 Å². The molecule has 0 aromatic heterocycles. The molecule has 3 N–H and O–H groups in total. The lowest BCUT2D eigenvalue weighted by atomic mass is 10.2. The van der Waals surface area contributed by atoms with E-state index < -0.39 is 6.10 Å². The molecule has 190 valence electrons. The van der Waals surface area contributed by atoms with E-state index in [-0.39, 0.29) is 112 Å². The predicted molar refractivity (Wildman–Crippen MR) is 138 cm³/mol. The summed E-state index contributed by atoms with van der Waals surface area (Å²) in [7, 11) is 0. The van der Waals surface area contributed by atoms with E-state index >= 15 is 0 Å². The molecule has 1 atom stereocenters. The summed E-state index contributed by atoms with van der Waals surface area (Å²) in [4.78, 5) is 33.8. The predicted octanol–water partition coefficient (Wildman–Crippen LogP) is 6.72. The molecule has 0 spiro atoms. The number of hydrogen-bond acceptors (Lipinski definition) is 5. The van der Waals surface area contributed by atoms with Crippen molar-refractivity contribution in [2.45, 2.75) is 113 Å². The monoisotopic (exact) mass is 435 g/mol. The van der Waals surface area contributed by atoms with Crippen LogP contribution in [0, 0.1) is 18.4 Å². The number of aliphatic hydroxyl groups excluding tert-OH is 1. The maximum Gasteiger partial charge on any atom is 0.240 e. The normalized spacial score (nSPS) is 6.24. The molecule has 0 saturated carbocycles. The summed E-state index contributed by atoms with van der Waals surface area (Å²) in [6, 6.07) is 0. The van der Waals surface area contributed by atoms with E-state index in [1.165, 1.54) is 13.8 Å². The zero-order chi connectivity index (χ0) is 15.8. The third-order valence-corrected chi connectivity index (χ3v) is 1.67. The van der Waals surface area contributed by atoms with Gasteiger partial charge in [-0.05, 0) is 13.8 Å². The smallest absolute Gasteiger partial charge is 0.240 e. The van der Waals surface area contributed by atoms with Crippen molar-refractivity contribution in [3.8, 4) is 6.57 Å². The van der Waals surface area contributed by atoms with Gasteiger partial charge in [0.15, 0.2) is 0 Å². The van der Waals surface area contributed by atoms with E-state index in [4.69, 9.17) is 16.9 Å². The molecule has 0 fully saturated rings. The molecule has 0 radical (unpaired) electrons. The van der Waals surface area contributed by atoms with Crippen molar-refractivity contribution >= 4 is 17.3 Å². The number of Topliss-reactive ketones (excluding diaryl/α,β-unsaturated/α-hetero) is 3. The summed E-state index contributed by atoms with van der Waals surface area (Å²) in [6.45, 7) is 14.4. The Balaban J connectivity index is -0.00000000865. The summed E-state index contributed by atoms with van der Waals surface area (Å²) >= 11 is 0. The standard InChI is InChI=1S/C6H9NO2.C6H10O2.CHN.9CH4.H2O.2H2/c1-5(8)3-6(9)4-7-2;1-3-6(8)4-5(2)7;1-2;;;;;;;;;;;;/h6,9H,3-4H2,1H3;3-4H2,1-2H3;1H;9*1H4;1H2;2*1H/i;;;;;;;;;;;;;1+1;. The molecule has 0 bridgehead atoms. The molecule has 0 aromatic carbocycles. The fourth-order valence-corrected chi connectivity index (χ4v) is 0.904. The highest BCUT2D eigenvalue weighted by Gasteiger charge is 2.08. The molecule has 0 aliphatic heterocycles. The Labute approximate surface area is 188 Å². The van der Waals surface area contributed by atoms with Crippen LogP contribution in [0.1, 0.15) is 110 Å². The van der Waals surface area contributed by atoms with Crippen molar-refractivity contribution < 1.29 is 27.8 Å². The van der Waals surface area contributed by atoms with E-state index in [0.29, 0.717) is 6.42 Å². The zero-order valence-corrected chi connectivity index (χ0v) is 12.0. The first-order valence-electron chi connectivity index (χ1n) is 5.61. The van der Waals surface area contributed by atoms with E-state index in [2.05, 4.69) is 11.4 Å². The van der Waals surface area contributed by atoms with Crippen molar-refractivity contribution in [2.24, 2.45) is 0 Å². The van der Waals surface area contributed by atoms with Crippen LogP contribution in [0.5, 0.6) is 0 Å². The van der Waals surface area contributed by atoms with Crippen LogP contribution >= 0.6 is 0 Å². The molecule has 29 heavy (non-hydrogen) atoms. The lowest BCUT2D eigenvalue weighted by molar-refractivity contribution is -0.125. The van der Waals surface area contributed by atoms with Crippen molar-refractivity contribution in [3.05, 3.63) is 11.4 Å². The summed E-state index contributed by atoms with van der Waals surface area (Å²) in [5.74, 6) is -0.0968. The van der Waals surface area contributed by atoms with E-state index in [1.54, 1.807) is 6.92 Å². The second-order valence-corrected chi connectivity index (χ2v) is 3.67. The lowest BCUT2D eigenvalue weighted by Crippen LogP contribution is -2.13. The second-order valence-electron chi connectivity index (χ2n) is 3.67. The van der Waals surface area contributed by atoms with Crippen LogP contribution in [0.3, 0.4) is 0 Å². The molecule has 7 nitrogen and oxygen atoms in total. The van der Waals surface area contributed by atoms with Crippen LogP contribution in [0.4, 0.5) is 0 Å². The molecule has 0 aromatic rings. The lowest BCUT2D eigenvalue weighted by Gasteiger charge is -1.97. The fraction of sp³-hybridized carbons (Fsp3) is 0.773. The molecule has 0 aliphatic rings. The van der Waals surface area contributed by atoms with Crippen LogP contribution in [-0.2, 0) is 14.4 Å². The number of rotatable bonds is 6. The highest BCUT2D eigenvalue weighted by molar-refractivity contribution is 5.97. The molecule has 1 unspecified atom stereocenters. The van der Waals surface area contributed by atoms with Gasteiger partial charge < -0.3 is 15.4 Å². The van der Waals surface area contributed by atoms with Crippen molar-refractivity contribution in [1.29, 1.82) is 5.26 Å². The maximum atomic E-state index is 10.4. The Morgan fingerprint density at radius 2 is 1.28 bits per heavy atom. The largest absolute Gasteiger partial charge is 0.412 e. The molecule has 7 heteroatoms. The number of carbonyl (C=O) groups is 3. The van der Waals surface area contributed by atoms with Crippen LogP contribution in [0.15, 0.2) is 0 Å². The highest BCUT2D eigenvalue weighted by Crippen LogP contribution is 1.92. The minimum atomic E-state index is -0.764. The molecule has 0 aliphatic carbocycles. The van der Waals surface area contributed by atoms with Crippen molar-refractivity contribution in [1.82, 2.24) is 0 Å². The third kappa shape index (κ3) is 124. The number of nitrogens with zero attached hydrogens (tertiary/aromatic N) is 2. The van der Waals surface area contributed by atoms with Gasteiger partial charge in [0, 0.05) is 22.3 Å². The minimum absolute atomic E-state index is 0. The average Bonchev–Trinajstić information content (AvgIpc) is 2.30. The number of hydrogen-bond donors (Lipinski definition) is 1. The van der Waals surface area contributed by atoms with Gasteiger partial charge in [-0.1, -0.05) is 73.8 Å². The van der Waals surface area contributed by atoms with Crippen molar-refractivity contribution in [2.75, 3.05) is 6.54 Å². The fourth-order valence-electron chi connectivity index (χ4n) is 0.904. The summed E-state index contributed by atoms with van der Waals surface area (Å²) in [6.07, 6.45) is -0.0849. The van der Waals surface area contributed by atoms with E-state index in [9.17, 15) is 14.4 Å². The van der Waals surface area contributed by atoms with Crippen LogP contribution in [0.25, 0.3) is 4.85 Å². The molecule has 0 heterocycles. The summed E-state index contributed by atoms with van der Waals surface area (Å²) in [5.41, 5.74) is 0. The third-order valence-electron chi connectivity index (χ3n) is 1.67. The SMILES string of the molecule is C.C.C.C.C.C.C.C.C.C#N.CCC(=O)CC(C)=O.O.[2HH].[C-]#[N+]CC(O)CC(C)=O.[HH]. The molecule has 0 rings (SSSR count). The highest BCUT2D eigenvalue weighted by atomic mass is 16.3. The number of ketones is 3. The van der Waals surface area contributed by atoms with Crippen LogP contribution in [0.2, 0.25) is 0 Å². The van der Waals surface area contributed by atoms with Crippen molar-refractivity contribution in [3.63, 3.8) is 0 Å². The minimum Gasteiger partial charge on any atom is -0.412 e. The van der Waals surface area contributed by atoms with E-state index in [0.717, 1.165) is 0 Å². The van der Waals surface area contributed by atoms with E-state index in [1.807, 2.05) is 0 Å². The van der Waals surface area contributed by atoms with Crippen LogP contribution in [-0.4, -0.2) is 40.6 Å². The second kappa shape index (κ2) is 72.3. The molecular weight excluding hydrogens is 372 g/mol. The summed E-state index contributed by atoms with van der Waals surface area (Å²) < 4.78 is 0. The van der Waals surface area contributed by atoms with Gasteiger partial charge in [0.1, 0.15) is 23.5 Å². The molecule has 0 amide bonds. The average molecular weight is 436 g/mol. The first-order chi connectivity index (χ1) is 8.83. The van der Waals surface area contributed by atoms with Gasteiger partial charge in [-0.25, -0.2) is 11.8 Å². The summed E-state index contributed by atoms with van der Waals surface area (Å²) in [5, 5.41) is 15.3. The number of carbonyl (C=O) groups excluding carboxylic acids is 3. The van der Waals surface area contributed by atoms with Gasteiger partial charge in [0.25, 0.3) is 0 Å². The van der Waals surface area contributed by atoms with Gasteiger partial charge in [0.2, 0.25) is 6.54 Å². The molecular formula is C22H62N2O5. The Hall–Kier alpha value is -2.09. The number of aliphatic hydroxyl groups is 1. The Bertz CT molecular complexity index is 360. The van der Waals surface area contributed by atoms with Crippen LogP contribution < -0.4 is 0 Å². The quantitative estimate of drug-likeness (QED) is 0.365. The molecule has 0 saturated heterocycles. The van der Waals surface area contributed by atoms with Gasteiger partial charge >= 0.3 is 0 Å². The Morgan fingerprint density at radius 3 is 1.41 bits per heavy atom. The van der Waals surface area contributed by atoms with Gasteiger partial charge in [-0.15, -0.1) is 0 Å². The Kier molecular flexibility index (Phi) is 233. The Morgan fingerprint density at radius 1 is 0.966 bits per heavy atom. The first-order valence-corrected chi connectivity index (χ1v) is 5.61. The maximum absolute atomic E-state index is 10.4. The van der Waals surface area contributed by atoms with Gasteiger partial charge in [0.05, 0.1) is 6.42 Å². The zero-order valence-electron chi connectivity index (χ0n) is 12.0. The van der Waals surface area contributed by atoms with Gasteiger partial charge in [-0.2, -0.15) is 0 Å². The van der Waals surface area contributed by atoms with Gasteiger partial charge in [-0.3, -0.25) is 14.4 Å². The first kappa shape index (κ1) is 93.4.